The predicted octanol–water partition coefficient (Wildman–Crippen LogP) is 1.93. The van der Waals surface area contributed by atoms with Crippen molar-refractivity contribution in [1.29, 1.82) is 0 Å². The molecule has 0 bridgehead atoms. The summed E-state index contributed by atoms with van der Waals surface area (Å²) in [7, 11) is 1.83. The van der Waals surface area contributed by atoms with Gasteiger partial charge in [-0.1, -0.05) is 24.3 Å². The van der Waals surface area contributed by atoms with Gasteiger partial charge in [-0.15, -0.1) is 0 Å². The Labute approximate surface area is 159 Å². The molecule has 3 rings (SSSR count). The van der Waals surface area contributed by atoms with Gasteiger partial charge in [-0.3, -0.25) is 9.67 Å². The number of nitrogens with zero attached hydrogens (tertiary/aromatic N) is 4. The lowest BCUT2D eigenvalue weighted by Crippen LogP contribution is -2.44. The van der Waals surface area contributed by atoms with Gasteiger partial charge >= 0.3 is 0 Å². The van der Waals surface area contributed by atoms with Crippen molar-refractivity contribution >= 4 is 16.7 Å². The first-order valence-electron chi connectivity index (χ1n) is 9.06. The van der Waals surface area contributed by atoms with Crippen LogP contribution in [0.4, 0.5) is 0 Å². The third kappa shape index (κ3) is 4.62. The number of aryl methyl sites for hydroxylation is 1. The number of aliphatic imine (C=N–C) groups is 1. The topological polar surface area (TPSA) is 87.4 Å². The van der Waals surface area contributed by atoms with Gasteiger partial charge in [-0.25, -0.2) is 4.99 Å². The van der Waals surface area contributed by atoms with Gasteiger partial charge in [0.15, 0.2) is 5.96 Å². The predicted molar refractivity (Wildman–Crippen MR) is 107 cm³/mol. The fourth-order valence-electron chi connectivity index (χ4n) is 2.86. The second kappa shape index (κ2) is 8.18. The van der Waals surface area contributed by atoms with Gasteiger partial charge in [0.05, 0.1) is 25.0 Å². The number of pyridine rings is 1. The van der Waals surface area contributed by atoms with E-state index in [1.807, 2.05) is 38.4 Å². The number of rotatable bonds is 6. The number of hydrogen-bond donors (Lipinski definition) is 3. The van der Waals surface area contributed by atoms with Gasteiger partial charge in [-0.05, 0) is 25.3 Å². The highest BCUT2D eigenvalue weighted by molar-refractivity contribution is 5.85. The molecule has 1 atom stereocenters. The van der Waals surface area contributed by atoms with Crippen molar-refractivity contribution in [2.75, 3.05) is 13.1 Å². The van der Waals surface area contributed by atoms with Crippen LogP contribution in [0.1, 0.15) is 25.1 Å². The third-order valence-corrected chi connectivity index (χ3v) is 4.41. The SMILES string of the molecule is CCNC(=NCc1nccc2ccccc12)NCC(C)(O)c1cnn(C)c1. The molecule has 7 heteroatoms. The van der Waals surface area contributed by atoms with Gasteiger partial charge in [0, 0.05) is 36.9 Å². The van der Waals surface area contributed by atoms with Gasteiger partial charge < -0.3 is 15.7 Å². The molecule has 1 unspecified atom stereocenters. The minimum absolute atomic E-state index is 0.313. The molecular formula is C20H26N6O. The van der Waals surface area contributed by atoms with Crippen molar-refractivity contribution in [2.24, 2.45) is 12.0 Å². The summed E-state index contributed by atoms with van der Waals surface area (Å²) in [6.45, 7) is 5.25. The minimum Gasteiger partial charge on any atom is -0.383 e. The van der Waals surface area contributed by atoms with E-state index in [0.29, 0.717) is 19.0 Å². The summed E-state index contributed by atoms with van der Waals surface area (Å²) < 4.78 is 1.68. The monoisotopic (exact) mass is 366 g/mol. The summed E-state index contributed by atoms with van der Waals surface area (Å²) in [5.74, 6) is 0.636. The zero-order chi connectivity index (χ0) is 19.3. The molecule has 2 heterocycles. The number of hydrogen-bond acceptors (Lipinski definition) is 4. The molecular weight excluding hydrogens is 340 g/mol. The molecule has 0 saturated carbocycles. The molecule has 0 aliphatic carbocycles. The highest BCUT2D eigenvalue weighted by Crippen LogP contribution is 2.19. The van der Waals surface area contributed by atoms with Crippen molar-refractivity contribution < 1.29 is 5.11 Å². The zero-order valence-corrected chi connectivity index (χ0v) is 16.0. The van der Waals surface area contributed by atoms with Crippen molar-refractivity contribution in [1.82, 2.24) is 25.4 Å². The Morgan fingerprint density at radius 2 is 2.07 bits per heavy atom. The number of aromatic nitrogens is 3. The zero-order valence-electron chi connectivity index (χ0n) is 16.0. The summed E-state index contributed by atoms with van der Waals surface area (Å²) in [5.41, 5.74) is 0.621. The van der Waals surface area contributed by atoms with Crippen LogP contribution in [-0.2, 0) is 19.2 Å². The number of fused-ring (bicyclic) bond motifs is 1. The smallest absolute Gasteiger partial charge is 0.191 e. The maximum Gasteiger partial charge on any atom is 0.191 e. The van der Waals surface area contributed by atoms with Crippen LogP contribution in [0.2, 0.25) is 0 Å². The van der Waals surface area contributed by atoms with E-state index in [1.54, 1.807) is 24.0 Å². The summed E-state index contributed by atoms with van der Waals surface area (Å²) in [6, 6.07) is 10.1. The molecule has 0 spiro atoms. The van der Waals surface area contributed by atoms with E-state index in [0.717, 1.165) is 28.6 Å². The van der Waals surface area contributed by atoms with E-state index in [4.69, 9.17) is 0 Å². The van der Waals surface area contributed by atoms with Crippen molar-refractivity contribution in [2.45, 2.75) is 26.0 Å². The van der Waals surface area contributed by atoms with Crippen molar-refractivity contribution in [3.63, 3.8) is 0 Å². The molecule has 7 nitrogen and oxygen atoms in total. The number of nitrogens with one attached hydrogen (secondary N) is 2. The molecule has 3 N–H and O–H groups in total. The molecule has 0 aliphatic heterocycles. The Morgan fingerprint density at radius 1 is 1.26 bits per heavy atom. The average molecular weight is 366 g/mol. The molecule has 27 heavy (non-hydrogen) atoms. The first kappa shape index (κ1) is 18.8. The number of benzene rings is 1. The van der Waals surface area contributed by atoms with Crippen LogP contribution in [0.25, 0.3) is 10.8 Å². The van der Waals surface area contributed by atoms with Crippen LogP contribution in [-0.4, -0.2) is 38.9 Å². The lowest BCUT2D eigenvalue weighted by atomic mass is 10.00. The minimum atomic E-state index is -1.05. The Bertz CT molecular complexity index is 926. The standard InChI is InChI=1S/C20H26N6O/c1-4-21-19(24-14-20(2,27)16-11-25-26(3)13-16)23-12-18-17-8-6-5-7-15(17)9-10-22-18/h5-11,13,27H,4,12,14H2,1-3H3,(H2,21,23,24). The van der Waals surface area contributed by atoms with Gasteiger partial charge in [0.1, 0.15) is 5.60 Å². The van der Waals surface area contributed by atoms with Crippen LogP contribution in [0.5, 0.6) is 0 Å². The maximum absolute atomic E-state index is 10.7. The Balaban J connectivity index is 1.73. The first-order chi connectivity index (χ1) is 13.0. The van der Waals surface area contributed by atoms with Crippen LogP contribution >= 0.6 is 0 Å². The van der Waals surface area contributed by atoms with E-state index in [-0.39, 0.29) is 0 Å². The molecule has 142 valence electrons. The summed E-state index contributed by atoms with van der Waals surface area (Å²) in [4.78, 5) is 9.11. The van der Waals surface area contributed by atoms with Crippen molar-refractivity contribution in [3.8, 4) is 0 Å². The van der Waals surface area contributed by atoms with E-state index in [2.05, 4.69) is 37.8 Å². The Kier molecular flexibility index (Phi) is 5.71. The lowest BCUT2D eigenvalue weighted by molar-refractivity contribution is 0.0616. The van der Waals surface area contributed by atoms with Crippen LogP contribution in [0.3, 0.4) is 0 Å². The lowest BCUT2D eigenvalue weighted by Gasteiger charge is -2.23. The summed E-state index contributed by atoms with van der Waals surface area (Å²) >= 11 is 0. The molecule has 3 aromatic rings. The average Bonchev–Trinajstić information content (AvgIpc) is 3.11. The molecule has 0 fully saturated rings. The van der Waals surface area contributed by atoms with Crippen LogP contribution in [0.15, 0.2) is 53.9 Å². The maximum atomic E-state index is 10.7. The van der Waals surface area contributed by atoms with E-state index in [9.17, 15) is 5.11 Å². The fourth-order valence-corrected chi connectivity index (χ4v) is 2.86. The Hall–Kier alpha value is -2.93. The van der Waals surface area contributed by atoms with E-state index < -0.39 is 5.60 Å². The van der Waals surface area contributed by atoms with E-state index in [1.165, 1.54) is 0 Å². The van der Waals surface area contributed by atoms with Crippen LogP contribution in [0, 0.1) is 0 Å². The summed E-state index contributed by atoms with van der Waals surface area (Å²) in [5, 5.41) is 23.5. The number of guanidine groups is 1. The molecule has 2 aromatic heterocycles. The first-order valence-corrected chi connectivity index (χ1v) is 9.06. The van der Waals surface area contributed by atoms with Gasteiger partial charge in [0.25, 0.3) is 0 Å². The molecule has 1 aromatic carbocycles. The molecule has 0 radical (unpaired) electrons. The molecule has 0 amide bonds. The van der Waals surface area contributed by atoms with E-state index >= 15 is 0 Å². The second-order valence-corrected chi connectivity index (χ2v) is 6.70. The number of aliphatic hydroxyl groups is 1. The second-order valence-electron chi connectivity index (χ2n) is 6.70. The summed E-state index contributed by atoms with van der Waals surface area (Å²) in [6.07, 6.45) is 5.29. The molecule has 0 aliphatic rings. The van der Waals surface area contributed by atoms with Gasteiger partial charge in [0.2, 0.25) is 0 Å². The molecule has 0 saturated heterocycles. The largest absolute Gasteiger partial charge is 0.383 e. The Morgan fingerprint density at radius 3 is 2.81 bits per heavy atom. The van der Waals surface area contributed by atoms with Gasteiger partial charge in [-0.2, -0.15) is 5.10 Å². The third-order valence-electron chi connectivity index (χ3n) is 4.41. The highest BCUT2D eigenvalue weighted by Gasteiger charge is 2.25. The fraction of sp³-hybridized carbons (Fsp3) is 0.350. The normalized spacial score (nSPS) is 14.1. The quantitative estimate of drug-likeness (QED) is 0.458. The highest BCUT2D eigenvalue weighted by atomic mass is 16.3. The van der Waals surface area contributed by atoms with Crippen LogP contribution < -0.4 is 10.6 Å². The van der Waals surface area contributed by atoms with Crippen molar-refractivity contribution in [3.05, 3.63) is 60.2 Å².